The van der Waals surface area contributed by atoms with Gasteiger partial charge in [-0.25, -0.2) is 0 Å². The molecule has 0 amide bonds. The van der Waals surface area contributed by atoms with Gasteiger partial charge < -0.3 is 4.90 Å². The van der Waals surface area contributed by atoms with Crippen molar-refractivity contribution >= 4 is 0 Å². The standard InChI is InChI=1S/C13H25N/c1-7-11(2)13(4)12(3)9-8-10-14(5)6/h9H,7-8,10H2,1-6H3/p+1/b12-9+,13-11+. The third kappa shape index (κ3) is 5.23. The molecule has 1 nitrogen and oxygen atoms in total. The fourth-order valence-corrected chi connectivity index (χ4v) is 1.33. The molecular weight excluding hydrogens is 170 g/mol. The summed E-state index contributed by atoms with van der Waals surface area (Å²) in [4.78, 5) is 1.52. The van der Waals surface area contributed by atoms with Crippen molar-refractivity contribution in [1.82, 2.24) is 0 Å². The van der Waals surface area contributed by atoms with Gasteiger partial charge in [-0.05, 0) is 32.8 Å². The molecule has 0 aromatic carbocycles. The largest absolute Gasteiger partial charge is 0.340 e. The van der Waals surface area contributed by atoms with E-state index in [4.69, 9.17) is 0 Å². The minimum atomic E-state index is 1.16. The van der Waals surface area contributed by atoms with Crippen molar-refractivity contribution in [1.29, 1.82) is 0 Å². The van der Waals surface area contributed by atoms with Gasteiger partial charge >= 0.3 is 0 Å². The monoisotopic (exact) mass is 196 g/mol. The first-order chi connectivity index (χ1) is 6.49. The number of quaternary nitrogens is 1. The van der Waals surface area contributed by atoms with E-state index < -0.39 is 0 Å². The van der Waals surface area contributed by atoms with Crippen LogP contribution in [0.1, 0.15) is 40.5 Å². The zero-order chi connectivity index (χ0) is 11.1. The Morgan fingerprint density at radius 2 is 1.71 bits per heavy atom. The summed E-state index contributed by atoms with van der Waals surface area (Å²) in [7, 11) is 4.40. The lowest BCUT2D eigenvalue weighted by atomic mass is 10.0. The lowest BCUT2D eigenvalue weighted by Gasteiger charge is -2.08. The normalized spacial score (nSPS) is 14.6. The summed E-state index contributed by atoms with van der Waals surface area (Å²) in [5, 5.41) is 0. The van der Waals surface area contributed by atoms with Crippen LogP contribution in [0.4, 0.5) is 0 Å². The molecule has 14 heavy (non-hydrogen) atoms. The maximum absolute atomic E-state index is 2.36. The highest BCUT2D eigenvalue weighted by atomic mass is 15.0. The second-order valence-electron chi connectivity index (χ2n) is 4.39. The molecule has 0 spiro atoms. The Kier molecular flexibility index (Phi) is 6.56. The van der Waals surface area contributed by atoms with Crippen molar-refractivity contribution < 1.29 is 4.90 Å². The first kappa shape index (κ1) is 13.4. The number of rotatable bonds is 5. The van der Waals surface area contributed by atoms with Crippen LogP contribution in [0.2, 0.25) is 0 Å². The van der Waals surface area contributed by atoms with Crippen LogP contribution in [-0.2, 0) is 0 Å². The second-order valence-corrected chi connectivity index (χ2v) is 4.39. The van der Waals surface area contributed by atoms with Crippen molar-refractivity contribution in [3.8, 4) is 0 Å². The molecule has 0 aliphatic rings. The predicted molar refractivity (Wildman–Crippen MR) is 64.7 cm³/mol. The van der Waals surface area contributed by atoms with Gasteiger partial charge in [-0.1, -0.05) is 24.1 Å². The molecule has 0 radical (unpaired) electrons. The third-order valence-electron chi connectivity index (χ3n) is 2.86. The molecule has 1 heteroatoms. The molecule has 0 fully saturated rings. The smallest absolute Gasteiger partial charge is 0.0802 e. The van der Waals surface area contributed by atoms with Gasteiger partial charge in [0.2, 0.25) is 0 Å². The van der Waals surface area contributed by atoms with Crippen LogP contribution in [-0.4, -0.2) is 20.6 Å². The van der Waals surface area contributed by atoms with Gasteiger partial charge in [-0.2, -0.15) is 0 Å². The SMILES string of the molecule is CC/C(C)=C(C)/C(C)=C/CC[NH+](C)C. The molecule has 0 saturated carbocycles. The highest BCUT2D eigenvalue weighted by Crippen LogP contribution is 2.15. The van der Waals surface area contributed by atoms with Crippen molar-refractivity contribution in [3.05, 3.63) is 22.8 Å². The van der Waals surface area contributed by atoms with Gasteiger partial charge in [0.05, 0.1) is 20.6 Å². The second kappa shape index (κ2) is 6.83. The highest BCUT2D eigenvalue weighted by Gasteiger charge is 1.98. The first-order valence-corrected chi connectivity index (χ1v) is 5.61. The van der Waals surface area contributed by atoms with Gasteiger partial charge in [-0.15, -0.1) is 0 Å². The van der Waals surface area contributed by atoms with E-state index in [2.05, 4.69) is 47.9 Å². The zero-order valence-corrected chi connectivity index (χ0v) is 10.7. The fourth-order valence-electron chi connectivity index (χ4n) is 1.33. The molecule has 0 bridgehead atoms. The summed E-state index contributed by atoms with van der Waals surface area (Å²) in [6.45, 7) is 10.1. The summed E-state index contributed by atoms with van der Waals surface area (Å²) < 4.78 is 0. The van der Waals surface area contributed by atoms with Gasteiger partial charge in [-0.3, -0.25) is 0 Å². The number of allylic oxidation sites excluding steroid dienone is 3. The van der Waals surface area contributed by atoms with E-state index in [9.17, 15) is 0 Å². The van der Waals surface area contributed by atoms with E-state index >= 15 is 0 Å². The molecule has 0 saturated heterocycles. The van der Waals surface area contributed by atoms with Gasteiger partial charge in [0.25, 0.3) is 0 Å². The molecule has 0 aliphatic carbocycles. The van der Waals surface area contributed by atoms with Crippen LogP contribution in [0.5, 0.6) is 0 Å². The van der Waals surface area contributed by atoms with Gasteiger partial charge in [0, 0.05) is 6.42 Å². The average molecular weight is 196 g/mol. The lowest BCUT2D eigenvalue weighted by molar-refractivity contribution is -0.857. The van der Waals surface area contributed by atoms with E-state index in [0.717, 1.165) is 6.42 Å². The van der Waals surface area contributed by atoms with Crippen molar-refractivity contribution in [2.45, 2.75) is 40.5 Å². The molecule has 0 unspecified atom stereocenters. The summed E-state index contributed by atoms with van der Waals surface area (Å²) in [6.07, 6.45) is 4.71. The van der Waals surface area contributed by atoms with Gasteiger partial charge in [0.1, 0.15) is 0 Å². The maximum Gasteiger partial charge on any atom is 0.0802 e. The third-order valence-corrected chi connectivity index (χ3v) is 2.86. The number of hydrogen-bond acceptors (Lipinski definition) is 0. The van der Waals surface area contributed by atoms with E-state index in [0.29, 0.717) is 0 Å². The summed E-state index contributed by atoms with van der Waals surface area (Å²) >= 11 is 0. The van der Waals surface area contributed by atoms with Crippen molar-refractivity contribution in [2.75, 3.05) is 20.6 Å². The average Bonchev–Trinajstić information content (AvgIpc) is 2.14. The van der Waals surface area contributed by atoms with E-state index in [-0.39, 0.29) is 0 Å². The van der Waals surface area contributed by atoms with Crippen LogP contribution < -0.4 is 4.90 Å². The Morgan fingerprint density at radius 3 is 2.14 bits per heavy atom. The molecule has 0 aromatic heterocycles. The lowest BCUT2D eigenvalue weighted by Crippen LogP contribution is -3.05. The van der Waals surface area contributed by atoms with Crippen LogP contribution in [0.3, 0.4) is 0 Å². The zero-order valence-electron chi connectivity index (χ0n) is 10.7. The van der Waals surface area contributed by atoms with Crippen LogP contribution >= 0.6 is 0 Å². The quantitative estimate of drug-likeness (QED) is 0.643. The first-order valence-electron chi connectivity index (χ1n) is 5.61. The van der Waals surface area contributed by atoms with E-state index in [1.807, 2.05) is 0 Å². The predicted octanol–water partition coefficient (Wildman–Crippen LogP) is 2.21. The van der Waals surface area contributed by atoms with E-state index in [1.165, 1.54) is 34.6 Å². The van der Waals surface area contributed by atoms with Gasteiger partial charge in [0.15, 0.2) is 0 Å². The number of hydrogen-bond donors (Lipinski definition) is 1. The maximum atomic E-state index is 2.36. The Morgan fingerprint density at radius 1 is 1.14 bits per heavy atom. The fraction of sp³-hybridized carbons (Fsp3) is 0.692. The summed E-state index contributed by atoms with van der Waals surface area (Å²) in [6, 6.07) is 0. The topological polar surface area (TPSA) is 4.44 Å². The summed E-state index contributed by atoms with van der Waals surface area (Å²) in [5.41, 5.74) is 4.43. The summed E-state index contributed by atoms with van der Waals surface area (Å²) in [5.74, 6) is 0. The van der Waals surface area contributed by atoms with Crippen LogP contribution in [0.25, 0.3) is 0 Å². The number of nitrogens with one attached hydrogen (secondary N) is 1. The Bertz CT molecular complexity index is 221. The molecule has 0 atom stereocenters. The Labute approximate surface area is 89.5 Å². The molecule has 0 heterocycles. The molecule has 0 aromatic rings. The molecule has 0 aliphatic heterocycles. The Hall–Kier alpha value is -0.560. The molecule has 82 valence electrons. The van der Waals surface area contributed by atoms with E-state index in [1.54, 1.807) is 0 Å². The Balaban J connectivity index is 4.24. The minimum Gasteiger partial charge on any atom is -0.340 e. The molecule has 1 N–H and O–H groups in total. The van der Waals surface area contributed by atoms with Crippen molar-refractivity contribution in [3.63, 3.8) is 0 Å². The highest BCUT2D eigenvalue weighted by molar-refractivity contribution is 5.30. The molecular formula is C13H26N+. The minimum absolute atomic E-state index is 1.16. The molecule has 0 rings (SSSR count). The van der Waals surface area contributed by atoms with Crippen LogP contribution in [0, 0.1) is 0 Å². The van der Waals surface area contributed by atoms with Crippen molar-refractivity contribution in [2.24, 2.45) is 0 Å². The van der Waals surface area contributed by atoms with Crippen LogP contribution in [0.15, 0.2) is 22.8 Å².